The van der Waals surface area contributed by atoms with Crippen LogP contribution >= 0.6 is 11.3 Å². The van der Waals surface area contributed by atoms with E-state index in [9.17, 15) is 14.7 Å². The number of nitrogens with one attached hydrogen (secondary N) is 1. The molecule has 0 saturated heterocycles. The van der Waals surface area contributed by atoms with Crippen molar-refractivity contribution >= 4 is 28.9 Å². The van der Waals surface area contributed by atoms with Crippen molar-refractivity contribution in [3.05, 3.63) is 39.8 Å². The lowest BCUT2D eigenvalue weighted by atomic mass is 10.2. The van der Waals surface area contributed by atoms with Gasteiger partial charge in [0.1, 0.15) is 11.3 Å². The minimum Gasteiger partial charge on any atom is -0.507 e. The Balaban J connectivity index is 2.05. The van der Waals surface area contributed by atoms with Gasteiger partial charge in [-0.1, -0.05) is 11.3 Å². The summed E-state index contributed by atoms with van der Waals surface area (Å²) in [5.41, 5.74) is 3.19. The number of aliphatic hydroxyl groups excluding tert-OH is 1. The Morgan fingerprint density at radius 2 is 2.12 bits per heavy atom. The lowest BCUT2D eigenvalue weighted by Gasteiger charge is -2.06. The molecule has 0 spiro atoms. The molecule has 7 nitrogen and oxygen atoms in total. The third kappa shape index (κ3) is 4.09. The molecular formula is C16H19N2O5S+. The molecule has 0 atom stereocenters. The number of phenols is 1. The molecule has 0 aliphatic rings. The van der Waals surface area contributed by atoms with E-state index in [-0.39, 0.29) is 30.4 Å². The third-order valence-corrected chi connectivity index (χ3v) is 4.64. The zero-order valence-electron chi connectivity index (χ0n) is 13.4. The number of esters is 1. The lowest BCUT2D eigenvalue weighted by molar-refractivity contribution is -0.685. The average molecular weight is 351 g/mol. The average Bonchev–Trinajstić information content (AvgIpc) is 2.88. The third-order valence-electron chi connectivity index (χ3n) is 3.50. The summed E-state index contributed by atoms with van der Waals surface area (Å²) in [6, 6.07) is 4.21. The Morgan fingerprint density at radius 3 is 2.75 bits per heavy atom. The minimum atomic E-state index is -0.647. The molecule has 2 aromatic rings. The van der Waals surface area contributed by atoms with Gasteiger partial charge in [-0.25, -0.2) is 4.79 Å². The van der Waals surface area contributed by atoms with Crippen LogP contribution in [-0.4, -0.2) is 35.8 Å². The monoisotopic (exact) mass is 351 g/mol. The van der Waals surface area contributed by atoms with Gasteiger partial charge in [0.25, 0.3) is 5.91 Å². The van der Waals surface area contributed by atoms with E-state index in [2.05, 4.69) is 10.1 Å². The van der Waals surface area contributed by atoms with Crippen molar-refractivity contribution < 1.29 is 29.1 Å². The summed E-state index contributed by atoms with van der Waals surface area (Å²) in [7, 11) is 1.23. The molecule has 0 unspecified atom stereocenters. The Morgan fingerprint density at radius 1 is 1.38 bits per heavy atom. The normalized spacial score (nSPS) is 10.5. The van der Waals surface area contributed by atoms with Crippen molar-refractivity contribution in [3.8, 4) is 5.75 Å². The van der Waals surface area contributed by atoms with Gasteiger partial charge in [0.05, 0.1) is 12.0 Å². The van der Waals surface area contributed by atoms with E-state index in [1.165, 1.54) is 36.6 Å². The van der Waals surface area contributed by atoms with Gasteiger partial charge in [0, 0.05) is 31.7 Å². The number of ether oxygens (including phenoxy) is 1. The van der Waals surface area contributed by atoms with Crippen LogP contribution in [0.1, 0.15) is 20.9 Å². The molecule has 8 heteroatoms. The number of amides is 1. The van der Waals surface area contributed by atoms with Crippen LogP contribution in [-0.2, 0) is 22.5 Å². The van der Waals surface area contributed by atoms with E-state index in [4.69, 9.17) is 5.11 Å². The van der Waals surface area contributed by atoms with Gasteiger partial charge in [-0.05, 0) is 12.1 Å². The van der Waals surface area contributed by atoms with Crippen LogP contribution in [0.3, 0.4) is 0 Å². The molecule has 1 heterocycles. The maximum absolute atomic E-state index is 12.1. The van der Waals surface area contributed by atoms with E-state index >= 15 is 0 Å². The number of nitrogens with zero attached hydrogens (tertiary/aromatic N) is 1. The topological polar surface area (TPSA) is 99.7 Å². The molecule has 0 bridgehead atoms. The van der Waals surface area contributed by atoms with Crippen LogP contribution in [0.2, 0.25) is 0 Å². The summed E-state index contributed by atoms with van der Waals surface area (Å²) in [6.45, 7) is 2.08. The number of aromatic nitrogens is 1. The van der Waals surface area contributed by atoms with Gasteiger partial charge >= 0.3 is 5.97 Å². The first kappa shape index (κ1) is 17.9. The van der Waals surface area contributed by atoms with Gasteiger partial charge in [-0.15, -0.1) is 0 Å². The van der Waals surface area contributed by atoms with Crippen molar-refractivity contribution in [2.45, 2.75) is 19.9 Å². The molecule has 1 amide bonds. The maximum atomic E-state index is 12.1. The molecule has 0 radical (unpaired) electrons. The molecule has 0 saturated carbocycles. The number of thiazole rings is 1. The van der Waals surface area contributed by atoms with E-state index in [0.717, 1.165) is 10.6 Å². The van der Waals surface area contributed by atoms with Crippen LogP contribution < -0.4 is 9.88 Å². The van der Waals surface area contributed by atoms with Crippen LogP contribution in [0.4, 0.5) is 5.69 Å². The van der Waals surface area contributed by atoms with Crippen LogP contribution in [0.25, 0.3) is 0 Å². The van der Waals surface area contributed by atoms with E-state index in [1.807, 2.05) is 12.4 Å². The second-order valence-electron chi connectivity index (χ2n) is 5.11. The SMILES string of the molecule is COC(=O)c1ccc(NC(=O)C[n+]2csc(CCO)c2C)cc1O. The maximum Gasteiger partial charge on any atom is 0.341 e. The fourth-order valence-electron chi connectivity index (χ4n) is 2.20. The highest BCUT2D eigenvalue weighted by Crippen LogP contribution is 2.22. The number of carbonyl (C=O) groups is 2. The standard InChI is InChI=1S/C16H18N2O5S/c1-10-14(5-6-19)24-9-18(10)8-15(21)17-11-3-4-12(13(20)7-11)16(22)23-2/h3-4,7,9,19H,5-6,8H2,1-2H3,(H-,17,20,21,22)/p+1. The zero-order chi connectivity index (χ0) is 17.7. The molecule has 24 heavy (non-hydrogen) atoms. The van der Waals surface area contributed by atoms with Crippen molar-refractivity contribution in [3.63, 3.8) is 0 Å². The van der Waals surface area contributed by atoms with Gasteiger partial charge in [0.2, 0.25) is 12.1 Å². The summed E-state index contributed by atoms with van der Waals surface area (Å²) >= 11 is 1.49. The molecule has 0 fully saturated rings. The fraction of sp³-hybridized carbons (Fsp3) is 0.312. The highest BCUT2D eigenvalue weighted by Gasteiger charge is 2.19. The predicted octanol–water partition coefficient (Wildman–Crippen LogP) is 1.01. The van der Waals surface area contributed by atoms with E-state index in [0.29, 0.717) is 12.1 Å². The number of hydrogen-bond acceptors (Lipinski definition) is 6. The predicted molar refractivity (Wildman–Crippen MR) is 88.1 cm³/mol. The van der Waals surface area contributed by atoms with Crippen molar-refractivity contribution in [2.75, 3.05) is 19.0 Å². The number of rotatable bonds is 6. The van der Waals surface area contributed by atoms with Crippen molar-refractivity contribution in [1.29, 1.82) is 0 Å². The second kappa shape index (κ2) is 7.89. The van der Waals surface area contributed by atoms with Gasteiger partial charge in [-0.2, -0.15) is 4.57 Å². The van der Waals surface area contributed by atoms with Crippen LogP contribution in [0, 0.1) is 6.92 Å². The quantitative estimate of drug-likeness (QED) is 0.533. The Hall–Kier alpha value is -2.45. The number of benzene rings is 1. The van der Waals surface area contributed by atoms with Gasteiger partial charge in [-0.3, -0.25) is 4.79 Å². The second-order valence-corrected chi connectivity index (χ2v) is 6.04. The minimum absolute atomic E-state index is 0.0344. The van der Waals surface area contributed by atoms with Crippen LogP contribution in [0.5, 0.6) is 5.75 Å². The summed E-state index contributed by atoms with van der Waals surface area (Å²) in [5.74, 6) is -1.17. The molecule has 2 rings (SSSR count). The highest BCUT2D eigenvalue weighted by atomic mass is 32.1. The summed E-state index contributed by atoms with van der Waals surface area (Å²) < 4.78 is 6.35. The van der Waals surface area contributed by atoms with Crippen molar-refractivity contribution in [1.82, 2.24) is 0 Å². The first-order chi connectivity index (χ1) is 11.5. The van der Waals surface area contributed by atoms with E-state index in [1.54, 1.807) is 4.57 Å². The summed E-state index contributed by atoms with van der Waals surface area (Å²) in [6.07, 6.45) is 0.563. The Labute approximate surface area is 143 Å². The molecule has 0 aliphatic heterocycles. The molecule has 1 aromatic carbocycles. The molecule has 3 N–H and O–H groups in total. The van der Waals surface area contributed by atoms with Crippen LogP contribution in [0.15, 0.2) is 23.7 Å². The Bertz CT molecular complexity index is 757. The molecular weight excluding hydrogens is 332 g/mol. The smallest absolute Gasteiger partial charge is 0.341 e. The van der Waals surface area contributed by atoms with Gasteiger partial charge < -0.3 is 20.3 Å². The molecule has 1 aromatic heterocycles. The first-order valence-electron chi connectivity index (χ1n) is 7.24. The number of anilines is 1. The summed E-state index contributed by atoms with van der Waals surface area (Å²) in [4.78, 5) is 24.6. The largest absolute Gasteiger partial charge is 0.507 e. The molecule has 0 aliphatic carbocycles. The van der Waals surface area contributed by atoms with Crippen molar-refractivity contribution in [2.24, 2.45) is 0 Å². The highest BCUT2D eigenvalue weighted by molar-refractivity contribution is 7.09. The number of hydrogen-bond donors (Lipinski definition) is 3. The number of methoxy groups -OCH3 is 1. The zero-order valence-corrected chi connectivity index (χ0v) is 14.2. The van der Waals surface area contributed by atoms with Gasteiger partial charge in [0.15, 0.2) is 5.69 Å². The lowest BCUT2D eigenvalue weighted by Crippen LogP contribution is -2.41. The molecule has 128 valence electrons. The number of phenolic OH excluding ortho intramolecular Hbond substituents is 1. The number of aliphatic hydroxyl groups is 1. The summed E-state index contributed by atoms with van der Waals surface area (Å²) in [5, 5.41) is 21.5. The number of aromatic hydroxyl groups is 1. The first-order valence-corrected chi connectivity index (χ1v) is 8.12. The fourth-order valence-corrected chi connectivity index (χ4v) is 3.18. The number of carbonyl (C=O) groups excluding carboxylic acids is 2. The van der Waals surface area contributed by atoms with E-state index < -0.39 is 5.97 Å². The Kier molecular flexibility index (Phi) is 5.88.